The van der Waals surface area contributed by atoms with Gasteiger partial charge >= 0.3 is 6.18 Å². The van der Waals surface area contributed by atoms with Crippen LogP contribution in [0, 0.1) is 0 Å². The van der Waals surface area contributed by atoms with E-state index in [1.54, 1.807) is 12.1 Å². The highest BCUT2D eigenvalue weighted by molar-refractivity contribution is 8.00. The monoisotopic (exact) mass is 303 g/mol. The molecule has 0 spiro atoms. The predicted octanol–water partition coefficient (Wildman–Crippen LogP) is 4.12. The molecular weight excluding hydrogens is 283 g/mol. The summed E-state index contributed by atoms with van der Waals surface area (Å²) in [5, 5.41) is 4.06. The molecular formula is C15H20F3NS. The van der Waals surface area contributed by atoms with Crippen LogP contribution in [-0.2, 0) is 12.6 Å². The van der Waals surface area contributed by atoms with Gasteiger partial charge < -0.3 is 5.32 Å². The molecule has 0 amide bonds. The zero-order chi connectivity index (χ0) is 14.6. The minimum atomic E-state index is -4.25. The predicted molar refractivity (Wildman–Crippen MR) is 78.1 cm³/mol. The molecule has 1 aromatic carbocycles. The Morgan fingerprint density at radius 1 is 1.30 bits per heavy atom. The summed E-state index contributed by atoms with van der Waals surface area (Å²) in [6.07, 6.45) is -1.02. The molecule has 0 aliphatic carbocycles. The smallest absolute Gasteiger partial charge is 0.313 e. The summed E-state index contributed by atoms with van der Waals surface area (Å²) in [5.74, 6) is 1.19. The summed E-state index contributed by atoms with van der Waals surface area (Å²) in [6, 6.07) is 5.92. The van der Waals surface area contributed by atoms with E-state index in [9.17, 15) is 13.2 Å². The Kier molecular flexibility index (Phi) is 5.38. The third-order valence-corrected chi connectivity index (χ3v) is 5.13. The summed E-state index contributed by atoms with van der Waals surface area (Å²) in [5.41, 5.74) is 0.396. The van der Waals surface area contributed by atoms with Gasteiger partial charge in [0.15, 0.2) is 0 Å². The highest BCUT2D eigenvalue weighted by Crippen LogP contribution is 2.31. The molecule has 1 nitrogen and oxygen atoms in total. The lowest BCUT2D eigenvalue weighted by Crippen LogP contribution is -2.38. The maximum atomic E-state index is 12.5. The second-order valence-electron chi connectivity index (χ2n) is 5.11. The first-order valence-electron chi connectivity index (χ1n) is 7.02. The van der Waals surface area contributed by atoms with Crippen molar-refractivity contribution in [2.75, 3.05) is 12.3 Å². The summed E-state index contributed by atoms with van der Waals surface area (Å²) in [4.78, 5) is 0. The molecule has 0 saturated carbocycles. The fourth-order valence-corrected chi connectivity index (χ4v) is 4.00. The van der Waals surface area contributed by atoms with Crippen molar-refractivity contribution in [2.24, 2.45) is 0 Å². The van der Waals surface area contributed by atoms with E-state index < -0.39 is 11.7 Å². The number of nitrogens with one attached hydrogen (secondary N) is 1. The van der Waals surface area contributed by atoms with Crippen LogP contribution >= 0.6 is 11.8 Å². The molecule has 2 unspecified atom stereocenters. The third-order valence-electron chi connectivity index (χ3n) is 3.62. The van der Waals surface area contributed by atoms with Crippen LogP contribution in [0.4, 0.5) is 13.2 Å². The zero-order valence-corrected chi connectivity index (χ0v) is 12.4. The lowest BCUT2D eigenvalue weighted by Gasteiger charge is -2.24. The number of hydrogen-bond acceptors (Lipinski definition) is 2. The van der Waals surface area contributed by atoms with Gasteiger partial charge in [0.1, 0.15) is 0 Å². The molecule has 1 saturated heterocycles. The van der Waals surface area contributed by atoms with Gasteiger partial charge in [0.05, 0.1) is 5.56 Å². The average molecular weight is 303 g/mol. The highest BCUT2D eigenvalue weighted by atomic mass is 32.2. The lowest BCUT2D eigenvalue weighted by atomic mass is 9.99. The first-order chi connectivity index (χ1) is 9.50. The SMILES string of the molecule is CCNC(Cc1ccc(C(F)(F)F)cc1)C1CCCS1. The van der Waals surface area contributed by atoms with Gasteiger partial charge in [-0.25, -0.2) is 0 Å². The average Bonchev–Trinajstić information content (AvgIpc) is 2.91. The maximum absolute atomic E-state index is 12.5. The molecule has 2 rings (SSSR count). The van der Waals surface area contributed by atoms with Crippen LogP contribution < -0.4 is 5.32 Å². The number of alkyl halides is 3. The Balaban J connectivity index is 2.02. The quantitative estimate of drug-likeness (QED) is 0.878. The molecule has 1 aliphatic heterocycles. The second-order valence-corrected chi connectivity index (χ2v) is 6.46. The van der Waals surface area contributed by atoms with Crippen LogP contribution in [0.1, 0.15) is 30.9 Å². The standard InChI is InChI=1S/C15H20F3NS/c1-2-19-13(14-4-3-9-20-14)10-11-5-7-12(8-6-11)15(16,17)18/h5-8,13-14,19H,2-4,9-10H2,1H3. The molecule has 0 bridgehead atoms. The Bertz CT molecular complexity index is 410. The van der Waals surface area contributed by atoms with Crippen LogP contribution in [0.2, 0.25) is 0 Å². The molecule has 1 aliphatic rings. The molecule has 2 atom stereocenters. The van der Waals surface area contributed by atoms with E-state index in [1.807, 2.05) is 11.8 Å². The number of likely N-dealkylation sites (N-methyl/N-ethyl adjacent to an activating group) is 1. The number of benzene rings is 1. The second kappa shape index (κ2) is 6.85. The van der Waals surface area contributed by atoms with Gasteiger partial charge in [-0.2, -0.15) is 24.9 Å². The van der Waals surface area contributed by atoms with E-state index in [1.165, 1.54) is 30.7 Å². The van der Waals surface area contributed by atoms with Gasteiger partial charge in [-0.15, -0.1) is 0 Å². The third kappa shape index (κ3) is 4.16. The largest absolute Gasteiger partial charge is 0.416 e. The Morgan fingerprint density at radius 2 is 2.00 bits per heavy atom. The van der Waals surface area contributed by atoms with Crippen molar-refractivity contribution in [1.82, 2.24) is 5.32 Å². The summed E-state index contributed by atoms with van der Waals surface area (Å²) < 4.78 is 37.6. The molecule has 0 aromatic heterocycles. The fraction of sp³-hybridized carbons (Fsp3) is 0.600. The van der Waals surface area contributed by atoms with Crippen molar-refractivity contribution in [3.8, 4) is 0 Å². The van der Waals surface area contributed by atoms with E-state index in [4.69, 9.17) is 0 Å². The first-order valence-corrected chi connectivity index (χ1v) is 8.06. The number of halogens is 3. The Morgan fingerprint density at radius 3 is 2.50 bits per heavy atom. The van der Waals surface area contributed by atoms with Gasteiger partial charge in [-0.3, -0.25) is 0 Å². The van der Waals surface area contributed by atoms with Gasteiger partial charge in [0.25, 0.3) is 0 Å². The van der Waals surface area contributed by atoms with Crippen LogP contribution in [-0.4, -0.2) is 23.6 Å². The molecule has 1 N–H and O–H groups in total. The van der Waals surface area contributed by atoms with Crippen LogP contribution in [0.25, 0.3) is 0 Å². The van der Waals surface area contributed by atoms with Gasteiger partial charge in [-0.05, 0) is 49.3 Å². The first kappa shape index (κ1) is 15.7. The van der Waals surface area contributed by atoms with Crippen LogP contribution in [0.15, 0.2) is 24.3 Å². The molecule has 1 aromatic rings. The van der Waals surface area contributed by atoms with Crippen LogP contribution in [0.3, 0.4) is 0 Å². The zero-order valence-electron chi connectivity index (χ0n) is 11.5. The molecule has 1 heterocycles. The minimum Gasteiger partial charge on any atom is -0.313 e. The van der Waals surface area contributed by atoms with Crippen LogP contribution in [0.5, 0.6) is 0 Å². The Hall–Kier alpha value is -0.680. The Labute approximate surface area is 122 Å². The summed E-state index contributed by atoms with van der Waals surface area (Å²) >= 11 is 1.97. The van der Waals surface area contributed by atoms with E-state index >= 15 is 0 Å². The van der Waals surface area contributed by atoms with Crippen molar-refractivity contribution in [1.29, 1.82) is 0 Å². The summed E-state index contributed by atoms with van der Waals surface area (Å²) in [7, 11) is 0. The summed E-state index contributed by atoms with van der Waals surface area (Å²) in [6.45, 7) is 2.96. The minimum absolute atomic E-state index is 0.351. The van der Waals surface area contributed by atoms with E-state index in [2.05, 4.69) is 12.2 Å². The van der Waals surface area contributed by atoms with E-state index in [-0.39, 0.29) is 0 Å². The van der Waals surface area contributed by atoms with Crippen molar-refractivity contribution < 1.29 is 13.2 Å². The fourth-order valence-electron chi connectivity index (χ4n) is 2.60. The number of rotatable bonds is 5. The maximum Gasteiger partial charge on any atom is 0.416 e. The van der Waals surface area contributed by atoms with Crippen molar-refractivity contribution >= 4 is 11.8 Å². The number of thioether (sulfide) groups is 1. The van der Waals surface area contributed by atoms with Gasteiger partial charge in [0.2, 0.25) is 0 Å². The lowest BCUT2D eigenvalue weighted by molar-refractivity contribution is -0.137. The van der Waals surface area contributed by atoms with E-state index in [0.717, 1.165) is 18.5 Å². The molecule has 20 heavy (non-hydrogen) atoms. The van der Waals surface area contributed by atoms with Crippen molar-refractivity contribution in [3.63, 3.8) is 0 Å². The van der Waals surface area contributed by atoms with Crippen molar-refractivity contribution in [3.05, 3.63) is 35.4 Å². The molecule has 1 fully saturated rings. The topological polar surface area (TPSA) is 12.0 Å². The van der Waals surface area contributed by atoms with E-state index in [0.29, 0.717) is 11.3 Å². The normalized spacial score (nSPS) is 21.1. The number of hydrogen-bond donors (Lipinski definition) is 1. The van der Waals surface area contributed by atoms with Gasteiger partial charge in [0, 0.05) is 11.3 Å². The highest BCUT2D eigenvalue weighted by Gasteiger charge is 2.30. The van der Waals surface area contributed by atoms with Gasteiger partial charge in [-0.1, -0.05) is 19.1 Å². The van der Waals surface area contributed by atoms with Crippen molar-refractivity contribution in [2.45, 2.75) is 43.7 Å². The molecule has 5 heteroatoms. The molecule has 112 valence electrons. The molecule has 0 radical (unpaired) electrons.